The van der Waals surface area contributed by atoms with Crippen molar-refractivity contribution in [1.29, 1.82) is 0 Å². The quantitative estimate of drug-likeness (QED) is 0.348. The van der Waals surface area contributed by atoms with Crippen LogP contribution < -0.4 is 10.2 Å². The first-order chi connectivity index (χ1) is 9.85. The third-order valence-electron chi connectivity index (χ3n) is 3.35. The molecule has 7 heteroatoms. The molecule has 1 saturated heterocycles. The van der Waals surface area contributed by atoms with Gasteiger partial charge in [-0.2, -0.15) is 11.8 Å². The minimum Gasteiger partial charge on any atom is -0.355 e. The summed E-state index contributed by atoms with van der Waals surface area (Å²) in [6.07, 6.45) is 3.97. The number of hydrogen-bond donors (Lipinski definition) is 1. The van der Waals surface area contributed by atoms with Crippen molar-refractivity contribution in [3.63, 3.8) is 0 Å². The minimum absolute atomic E-state index is 0. The van der Waals surface area contributed by atoms with Gasteiger partial charge in [0.15, 0.2) is 5.96 Å². The van der Waals surface area contributed by atoms with Crippen molar-refractivity contribution in [2.24, 2.45) is 4.99 Å². The largest absolute Gasteiger partial charge is 0.355 e. The van der Waals surface area contributed by atoms with Crippen LogP contribution in [0.4, 0.5) is 5.82 Å². The molecule has 118 valence electrons. The summed E-state index contributed by atoms with van der Waals surface area (Å²) < 4.78 is 0. The van der Waals surface area contributed by atoms with Gasteiger partial charge in [0.05, 0.1) is 0 Å². The van der Waals surface area contributed by atoms with E-state index >= 15 is 0 Å². The van der Waals surface area contributed by atoms with Crippen LogP contribution in [0.25, 0.3) is 0 Å². The second-order valence-electron chi connectivity index (χ2n) is 4.63. The number of rotatable bonds is 4. The Bertz CT molecular complexity index is 421. The molecule has 1 aromatic heterocycles. The first-order valence-corrected chi connectivity index (χ1v) is 8.35. The third kappa shape index (κ3) is 5.54. The fraction of sp³-hybridized carbons (Fsp3) is 0.571. The van der Waals surface area contributed by atoms with Crippen LogP contribution in [0.15, 0.2) is 29.4 Å². The Kier molecular flexibility index (Phi) is 8.82. The third-order valence-corrected chi connectivity index (χ3v) is 3.97. The van der Waals surface area contributed by atoms with Gasteiger partial charge < -0.3 is 15.1 Å². The van der Waals surface area contributed by atoms with Crippen LogP contribution in [-0.2, 0) is 0 Å². The summed E-state index contributed by atoms with van der Waals surface area (Å²) in [5.74, 6) is 3.18. The van der Waals surface area contributed by atoms with Crippen molar-refractivity contribution < 1.29 is 0 Å². The standard InChI is InChI=1S/C14H23N5S.HI/c1-15-14(17-7-12-20-2)19-10-8-18(9-11-19)13-5-3-4-6-16-13;/h3-6H,7-12H2,1-2H3,(H,15,17);1H. The predicted molar refractivity (Wildman–Crippen MR) is 103 cm³/mol. The van der Waals surface area contributed by atoms with Crippen molar-refractivity contribution in [3.8, 4) is 0 Å². The van der Waals surface area contributed by atoms with Crippen molar-refractivity contribution in [1.82, 2.24) is 15.2 Å². The summed E-state index contributed by atoms with van der Waals surface area (Å²) in [4.78, 5) is 13.4. The normalized spacial score (nSPS) is 15.6. The van der Waals surface area contributed by atoms with Gasteiger partial charge in [0.2, 0.25) is 0 Å². The van der Waals surface area contributed by atoms with E-state index in [-0.39, 0.29) is 24.0 Å². The molecule has 5 nitrogen and oxygen atoms in total. The highest BCUT2D eigenvalue weighted by atomic mass is 127. The molecule has 1 aromatic rings. The number of pyridine rings is 1. The van der Waals surface area contributed by atoms with Crippen molar-refractivity contribution in [2.45, 2.75) is 0 Å². The maximum Gasteiger partial charge on any atom is 0.193 e. The molecule has 21 heavy (non-hydrogen) atoms. The number of halogens is 1. The molecule has 0 saturated carbocycles. The number of nitrogens with zero attached hydrogens (tertiary/aromatic N) is 4. The molecule has 0 aliphatic carbocycles. The van der Waals surface area contributed by atoms with Crippen LogP contribution in [0.5, 0.6) is 0 Å². The summed E-state index contributed by atoms with van der Waals surface area (Å²) in [7, 11) is 1.85. The molecule has 2 rings (SSSR count). The second-order valence-corrected chi connectivity index (χ2v) is 5.61. The molecule has 0 aromatic carbocycles. The average Bonchev–Trinajstić information content (AvgIpc) is 2.53. The number of aromatic nitrogens is 1. The van der Waals surface area contributed by atoms with Crippen molar-refractivity contribution in [3.05, 3.63) is 24.4 Å². The van der Waals surface area contributed by atoms with Crippen molar-refractivity contribution in [2.75, 3.05) is 56.7 Å². The topological polar surface area (TPSA) is 43.8 Å². The lowest BCUT2D eigenvalue weighted by Gasteiger charge is -2.37. The fourth-order valence-electron chi connectivity index (χ4n) is 2.29. The number of anilines is 1. The molecular weight excluding hydrogens is 397 g/mol. The van der Waals surface area contributed by atoms with Crippen LogP contribution in [0, 0.1) is 0 Å². The molecule has 0 unspecified atom stereocenters. The Balaban J connectivity index is 0.00000220. The van der Waals surface area contributed by atoms with E-state index in [4.69, 9.17) is 0 Å². The van der Waals surface area contributed by atoms with E-state index in [2.05, 4.69) is 37.4 Å². The molecule has 1 N–H and O–H groups in total. The van der Waals surface area contributed by atoms with Gasteiger partial charge in [-0.3, -0.25) is 4.99 Å². The van der Waals surface area contributed by atoms with E-state index in [0.29, 0.717) is 0 Å². The second kappa shape index (κ2) is 10.1. The molecule has 0 radical (unpaired) electrons. The van der Waals surface area contributed by atoms with Crippen LogP contribution in [-0.4, -0.2) is 67.6 Å². The maximum absolute atomic E-state index is 4.41. The number of nitrogens with one attached hydrogen (secondary N) is 1. The highest BCUT2D eigenvalue weighted by Crippen LogP contribution is 2.12. The summed E-state index contributed by atoms with van der Waals surface area (Å²) in [5.41, 5.74) is 0. The van der Waals surface area contributed by atoms with E-state index in [9.17, 15) is 0 Å². The van der Waals surface area contributed by atoms with E-state index in [1.807, 2.05) is 37.1 Å². The molecule has 0 atom stereocenters. The van der Waals surface area contributed by atoms with E-state index in [1.165, 1.54) is 0 Å². The lowest BCUT2D eigenvalue weighted by atomic mass is 10.3. The number of aliphatic imine (C=N–C) groups is 1. The number of hydrogen-bond acceptors (Lipinski definition) is 4. The van der Waals surface area contributed by atoms with Gasteiger partial charge >= 0.3 is 0 Å². The molecule has 2 heterocycles. The van der Waals surface area contributed by atoms with Crippen LogP contribution >= 0.6 is 35.7 Å². The number of thioether (sulfide) groups is 1. The van der Waals surface area contributed by atoms with Gasteiger partial charge in [0, 0.05) is 51.7 Å². The minimum atomic E-state index is 0. The molecular formula is C14H24IN5S. The number of piperazine rings is 1. The monoisotopic (exact) mass is 421 g/mol. The Morgan fingerprint density at radius 3 is 2.67 bits per heavy atom. The smallest absolute Gasteiger partial charge is 0.193 e. The molecule has 0 amide bonds. The van der Waals surface area contributed by atoms with Gasteiger partial charge in [0.25, 0.3) is 0 Å². The highest BCUT2D eigenvalue weighted by Gasteiger charge is 2.19. The predicted octanol–water partition coefficient (Wildman–Crippen LogP) is 1.76. The van der Waals surface area contributed by atoms with Crippen molar-refractivity contribution >= 4 is 47.5 Å². The Hall–Kier alpha value is -0.700. The highest BCUT2D eigenvalue weighted by molar-refractivity contribution is 14.0. The zero-order valence-corrected chi connectivity index (χ0v) is 15.8. The summed E-state index contributed by atoms with van der Waals surface area (Å²) in [5, 5.41) is 3.42. The SMILES string of the molecule is CN=C(NCCSC)N1CCN(c2ccccn2)CC1.I. The Morgan fingerprint density at radius 1 is 1.33 bits per heavy atom. The fourth-order valence-corrected chi connectivity index (χ4v) is 2.59. The van der Waals surface area contributed by atoms with Crippen LogP contribution in [0.3, 0.4) is 0 Å². The summed E-state index contributed by atoms with van der Waals surface area (Å²) in [6.45, 7) is 4.90. The lowest BCUT2D eigenvalue weighted by molar-refractivity contribution is 0.372. The van der Waals surface area contributed by atoms with E-state index in [0.717, 1.165) is 50.3 Å². The molecule has 1 fully saturated rings. The lowest BCUT2D eigenvalue weighted by Crippen LogP contribution is -2.53. The van der Waals surface area contributed by atoms with Gasteiger partial charge in [-0.1, -0.05) is 6.07 Å². The van der Waals surface area contributed by atoms with Crippen LogP contribution in [0.2, 0.25) is 0 Å². The summed E-state index contributed by atoms with van der Waals surface area (Å²) >= 11 is 1.85. The van der Waals surface area contributed by atoms with Gasteiger partial charge in [-0.05, 0) is 18.4 Å². The van der Waals surface area contributed by atoms with Gasteiger partial charge in [0.1, 0.15) is 5.82 Å². The molecule has 0 bridgehead atoms. The van der Waals surface area contributed by atoms with E-state index < -0.39 is 0 Å². The summed E-state index contributed by atoms with van der Waals surface area (Å²) in [6, 6.07) is 6.07. The molecule has 1 aliphatic rings. The number of guanidine groups is 1. The van der Waals surface area contributed by atoms with Gasteiger partial charge in [-0.15, -0.1) is 24.0 Å². The zero-order chi connectivity index (χ0) is 14.2. The van der Waals surface area contributed by atoms with E-state index in [1.54, 1.807) is 0 Å². The Labute approximate surface area is 148 Å². The first-order valence-electron chi connectivity index (χ1n) is 6.95. The first kappa shape index (κ1) is 18.3. The molecule has 1 aliphatic heterocycles. The average molecular weight is 421 g/mol. The molecule has 0 spiro atoms. The van der Waals surface area contributed by atoms with Gasteiger partial charge in [-0.25, -0.2) is 4.98 Å². The van der Waals surface area contributed by atoms with Crippen LogP contribution in [0.1, 0.15) is 0 Å². The zero-order valence-electron chi connectivity index (χ0n) is 12.7. The Morgan fingerprint density at radius 2 is 2.10 bits per heavy atom. The maximum atomic E-state index is 4.41.